The minimum Gasteiger partial charge on any atom is -0.469 e. The molecule has 0 aliphatic heterocycles. The summed E-state index contributed by atoms with van der Waals surface area (Å²) >= 11 is 0. The third kappa shape index (κ3) is 9.85. The Labute approximate surface area is 104 Å². The maximum absolute atomic E-state index is 11.5. The van der Waals surface area contributed by atoms with Gasteiger partial charge < -0.3 is 10.1 Å². The lowest BCUT2D eigenvalue weighted by Gasteiger charge is -2.22. The van der Waals surface area contributed by atoms with Crippen molar-refractivity contribution in [2.75, 3.05) is 13.7 Å². The smallest absolute Gasteiger partial charge is 0.307 e. The van der Waals surface area contributed by atoms with Crippen LogP contribution in [0, 0.1) is 11.3 Å². The predicted molar refractivity (Wildman–Crippen MR) is 67.5 cm³/mol. The Kier molecular flexibility index (Phi) is 6.85. The van der Waals surface area contributed by atoms with Gasteiger partial charge in [-0.05, 0) is 17.8 Å². The van der Waals surface area contributed by atoms with Crippen LogP contribution in [0.1, 0.15) is 47.0 Å². The third-order valence-corrected chi connectivity index (χ3v) is 2.37. The van der Waals surface area contributed by atoms with Crippen LogP contribution in [0.5, 0.6) is 0 Å². The van der Waals surface area contributed by atoms with Crippen molar-refractivity contribution in [2.24, 2.45) is 11.3 Å². The summed E-state index contributed by atoms with van der Waals surface area (Å²) in [5.74, 6) is 0.0619. The monoisotopic (exact) mass is 243 g/mol. The van der Waals surface area contributed by atoms with Crippen molar-refractivity contribution in [3.05, 3.63) is 0 Å². The van der Waals surface area contributed by atoms with Gasteiger partial charge >= 0.3 is 5.97 Å². The highest BCUT2D eigenvalue weighted by molar-refractivity contribution is 5.77. The maximum Gasteiger partial charge on any atom is 0.307 e. The molecule has 0 aromatic carbocycles. The molecule has 1 N–H and O–H groups in total. The molecule has 0 rings (SSSR count). The lowest BCUT2D eigenvalue weighted by atomic mass is 9.84. The topological polar surface area (TPSA) is 55.4 Å². The molecule has 1 unspecified atom stereocenters. The minimum absolute atomic E-state index is 0.00523. The van der Waals surface area contributed by atoms with Gasteiger partial charge in [-0.2, -0.15) is 0 Å². The van der Waals surface area contributed by atoms with Crippen LogP contribution in [-0.2, 0) is 14.3 Å². The summed E-state index contributed by atoms with van der Waals surface area (Å²) in [5, 5.41) is 2.72. The number of amides is 1. The summed E-state index contributed by atoms with van der Waals surface area (Å²) in [6.07, 6.45) is 1.76. The van der Waals surface area contributed by atoms with Gasteiger partial charge in [-0.3, -0.25) is 9.59 Å². The number of esters is 1. The van der Waals surface area contributed by atoms with Crippen molar-refractivity contribution in [1.29, 1.82) is 0 Å². The lowest BCUT2D eigenvalue weighted by molar-refractivity contribution is -0.140. The molecular weight excluding hydrogens is 218 g/mol. The lowest BCUT2D eigenvalue weighted by Crippen LogP contribution is -2.28. The number of nitrogens with one attached hydrogen (secondary N) is 1. The van der Waals surface area contributed by atoms with Crippen LogP contribution in [0.15, 0.2) is 0 Å². The molecule has 0 saturated heterocycles. The number of rotatable bonds is 6. The van der Waals surface area contributed by atoms with E-state index in [1.807, 2.05) is 0 Å². The number of hydrogen-bond acceptors (Lipinski definition) is 3. The zero-order valence-corrected chi connectivity index (χ0v) is 11.6. The first-order valence-electron chi connectivity index (χ1n) is 6.08. The number of carbonyl (C=O) groups excluding carboxylic acids is 2. The van der Waals surface area contributed by atoms with Crippen molar-refractivity contribution < 1.29 is 14.3 Å². The Morgan fingerprint density at radius 1 is 1.29 bits per heavy atom. The second kappa shape index (κ2) is 7.30. The molecule has 0 fully saturated rings. The molecule has 1 amide bonds. The first-order chi connectivity index (χ1) is 7.74. The van der Waals surface area contributed by atoms with E-state index in [0.717, 1.165) is 6.42 Å². The van der Waals surface area contributed by atoms with Crippen LogP contribution >= 0.6 is 0 Å². The summed E-state index contributed by atoms with van der Waals surface area (Å²) in [4.78, 5) is 22.4. The van der Waals surface area contributed by atoms with E-state index in [1.165, 1.54) is 7.11 Å². The predicted octanol–water partition coefficient (Wildman–Crippen LogP) is 2.13. The van der Waals surface area contributed by atoms with E-state index >= 15 is 0 Å². The van der Waals surface area contributed by atoms with E-state index in [1.54, 1.807) is 0 Å². The molecule has 0 aromatic heterocycles. The van der Waals surface area contributed by atoms with Crippen LogP contribution in [0.25, 0.3) is 0 Å². The van der Waals surface area contributed by atoms with E-state index < -0.39 is 0 Å². The highest BCUT2D eigenvalue weighted by Crippen LogP contribution is 2.25. The van der Waals surface area contributed by atoms with Crippen LogP contribution in [0.2, 0.25) is 0 Å². The zero-order chi connectivity index (χ0) is 13.5. The van der Waals surface area contributed by atoms with Gasteiger partial charge in [0.2, 0.25) is 5.91 Å². The van der Waals surface area contributed by atoms with E-state index in [9.17, 15) is 9.59 Å². The van der Waals surface area contributed by atoms with Gasteiger partial charge in [0, 0.05) is 13.0 Å². The van der Waals surface area contributed by atoms with E-state index in [-0.39, 0.29) is 23.7 Å². The van der Waals surface area contributed by atoms with Gasteiger partial charge in [-0.1, -0.05) is 27.7 Å². The second-order valence-electron chi connectivity index (χ2n) is 5.75. The van der Waals surface area contributed by atoms with Gasteiger partial charge in [0.25, 0.3) is 0 Å². The molecule has 17 heavy (non-hydrogen) atoms. The first kappa shape index (κ1) is 15.9. The Morgan fingerprint density at radius 2 is 1.88 bits per heavy atom. The fraction of sp³-hybridized carbons (Fsp3) is 0.846. The van der Waals surface area contributed by atoms with E-state index in [2.05, 4.69) is 37.7 Å². The molecule has 0 bridgehead atoms. The molecule has 0 aliphatic rings. The molecule has 0 radical (unpaired) electrons. The number of ether oxygens (including phenoxy) is 1. The molecule has 1 atom stereocenters. The highest BCUT2D eigenvalue weighted by atomic mass is 16.5. The summed E-state index contributed by atoms with van der Waals surface area (Å²) in [7, 11) is 1.34. The van der Waals surface area contributed by atoms with Gasteiger partial charge in [0.05, 0.1) is 13.5 Å². The van der Waals surface area contributed by atoms with Crippen molar-refractivity contribution in [2.45, 2.75) is 47.0 Å². The van der Waals surface area contributed by atoms with E-state index in [4.69, 9.17) is 0 Å². The second-order valence-corrected chi connectivity index (χ2v) is 5.75. The maximum atomic E-state index is 11.5. The Bertz CT molecular complexity index is 256. The Morgan fingerprint density at radius 3 is 2.35 bits per heavy atom. The fourth-order valence-corrected chi connectivity index (χ4v) is 1.91. The zero-order valence-electron chi connectivity index (χ0n) is 11.6. The van der Waals surface area contributed by atoms with Gasteiger partial charge in [0.1, 0.15) is 0 Å². The molecule has 4 nitrogen and oxygen atoms in total. The molecule has 0 saturated carbocycles. The van der Waals surface area contributed by atoms with Crippen molar-refractivity contribution in [3.8, 4) is 0 Å². The van der Waals surface area contributed by atoms with Crippen LogP contribution in [0.3, 0.4) is 0 Å². The average molecular weight is 243 g/mol. The summed E-state index contributed by atoms with van der Waals surface area (Å²) < 4.78 is 4.49. The number of hydrogen-bond donors (Lipinski definition) is 1. The molecule has 0 aliphatic carbocycles. The van der Waals surface area contributed by atoms with Crippen LogP contribution in [0.4, 0.5) is 0 Å². The molecule has 0 spiro atoms. The number of methoxy groups -OCH3 is 1. The van der Waals surface area contributed by atoms with Gasteiger partial charge in [-0.15, -0.1) is 0 Å². The molecule has 4 heteroatoms. The number of carbonyl (C=O) groups is 2. The third-order valence-electron chi connectivity index (χ3n) is 2.37. The summed E-state index contributed by atoms with van der Waals surface area (Å²) in [6.45, 7) is 8.93. The first-order valence-corrected chi connectivity index (χ1v) is 6.08. The highest BCUT2D eigenvalue weighted by Gasteiger charge is 2.17. The quantitative estimate of drug-likeness (QED) is 0.727. The molecular formula is C13H25NO3. The minimum atomic E-state index is -0.298. The molecule has 0 aromatic rings. The average Bonchev–Trinajstić information content (AvgIpc) is 2.13. The standard InChI is InChI=1S/C13H25NO3/c1-10(9-13(2,3)4)8-11(15)14-7-6-12(16)17-5/h10H,6-9H2,1-5H3,(H,14,15). The Hall–Kier alpha value is -1.06. The van der Waals surface area contributed by atoms with Crippen molar-refractivity contribution in [3.63, 3.8) is 0 Å². The van der Waals surface area contributed by atoms with Crippen molar-refractivity contribution >= 4 is 11.9 Å². The van der Waals surface area contributed by atoms with Crippen LogP contribution < -0.4 is 5.32 Å². The van der Waals surface area contributed by atoms with Gasteiger partial charge in [-0.25, -0.2) is 0 Å². The van der Waals surface area contributed by atoms with E-state index in [0.29, 0.717) is 18.9 Å². The molecule has 0 heterocycles. The fourth-order valence-electron chi connectivity index (χ4n) is 1.91. The largest absolute Gasteiger partial charge is 0.469 e. The summed E-state index contributed by atoms with van der Waals surface area (Å²) in [6, 6.07) is 0. The SMILES string of the molecule is COC(=O)CCNC(=O)CC(C)CC(C)(C)C. The molecule has 100 valence electrons. The van der Waals surface area contributed by atoms with Crippen LogP contribution in [-0.4, -0.2) is 25.5 Å². The normalized spacial score (nSPS) is 13.0. The summed E-state index contributed by atoms with van der Waals surface area (Å²) in [5.41, 5.74) is 0.242. The van der Waals surface area contributed by atoms with Crippen molar-refractivity contribution in [1.82, 2.24) is 5.32 Å². The van der Waals surface area contributed by atoms with Gasteiger partial charge in [0.15, 0.2) is 0 Å². The Balaban J connectivity index is 3.75.